The van der Waals surface area contributed by atoms with E-state index < -0.39 is 0 Å². The highest BCUT2D eigenvalue weighted by Crippen LogP contribution is 2.21. The lowest BCUT2D eigenvalue weighted by Crippen LogP contribution is -2.55. The normalized spacial score (nSPS) is 14.2. The van der Waals surface area contributed by atoms with Gasteiger partial charge in [-0.05, 0) is 23.9 Å². The van der Waals surface area contributed by atoms with Crippen molar-refractivity contribution < 1.29 is 9.59 Å². The number of likely N-dealkylation sites (tertiary alicyclic amines) is 1. The molecular weight excluding hydrogens is 328 g/mol. The Morgan fingerprint density at radius 1 is 1.29 bits per heavy atom. The summed E-state index contributed by atoms with van der Waals surface area (Å²) in [7, 11) is 0. The smallest absolute Gasteiger partial charge is 0.266 e. The third kappa shape index (κ3) is 3.70. The minimum atomic E-state index is -0.148. The largest absolute Gasteiger partial charge is 0.356 e. The van der Waals surface area contributed by atoms with Gasteiger partial charge >= 0.3 is 0 Å². The van der Waals surface area contributed by atoms with Crippen LogP contribution in [0.15, 0.2) is 40.6 Å². The quantitative estimate of drug-likeness (QED) is 0.776. The second-order valence-corrected chi connectivity index (χ2v) is 6.56. The summed E-state index contributed by atoms with van der Waals surface area (Å²) in [4.78, 5) is 38.0. The number of hydrogen-bond donors (Lipinski definition) is 1. The van der Waals surface area contributed by atoms with E-state index >= 15 is 0 Å². The summed E-state index contributed by atoms with van der Waals surface area (Å²) in [5, 5.41) is 8.68. The molecule has 0 saturated carbocycles. The van der Waals surface area contributed by atoms with Crippen molar-refractivity contribution >= 4 is 23.2 Å². The number of aromatic nitrogens is 2. The summed E-state index contributed by atoms with van der Waals surface area (Å²) in [6.07, 6.45) is 2.20. The second kappa shape index (κ2) is 7.39. The molecule has 1 aliphatic rings. The topological polar surface area (TPSA) is 84.3 Å². The van der Waals surface area contributed by atoms with Crippen molar-refractivity contribution in [2.45, 2.75) is 13.0 Å². The lowest BCUT2D eigenvalue weighted by atomic mass is 9.99. The molecule has 0 bridgehead atoms. The highest BCUT2D eigenvalue weighted by Gasteiger charge is 2.36. The molecule has 0 atom stereocenters. The van der Waals surface area contributed by atoms with Gasteiger partial charge in [0.1, 0.15) is 0 Å². The van der Waals surface area contributed by atoms with Gasteiger partial charge in [-0.25, -0.2) is 4.68 Å². The van der Waals surface area contributed by atoms with E-state index in [4.69, 9.17) is 0 Å². The Morgan fingerprint density at radius 3 is 2.83 bits per heavy atom. The predicted octanol–water partition coefficient (Wildman–Crippen LogP) is 0.583. The summed E-state index contributed by atoms with van der Waals surface area (Å²) in [5.41, 5.74) is -0.148. The number of carbonyl (C=O) groups excluding carboxylic acids is 2. The Kier molecular flexibility index (Phi) is 5.05. The molecule has 0 spiro atoms. The van der Waals surface area contributed by atoms with Gasteiger partial charge in [0, 0.05) is 38.4 Å². The Balaban J connectivity index is 1.36. The van der Waals surface area contributed by atoms with Crippen molar-refractivity contribution in [1.82, 2.24) is 20.0 Å². The number of rotatable bonds is 6. The molecule has 126 valence electrons. The standard InChI is InChI=1S/C16H18N4O3S/c21-14-5-1-7-18-20(14)8-3-6-17-15(22)12-10-19(11-12)16(23)13-4-2-9-24-13/h1-2,4-5,7,9,12H,3,6,8,10-11H2,(H,17,22). The van der Waals surface area contributed by atoms with Gasteiger partial charge in [-0.1, -0.05) is 6.07 Å². The van der Waals surface area contributed by atoms with Gasteiger partial charge in [-0.3, -0.25) is 14.4 Å². The molecule has 1 N–H and O–H groups in total. The molecule has 0 unspecified atom stereocenters. The Bertz CT molecular complexity index is 766. The molecule has 24 heavy (non-hydrogen) atoms. The number of hydrogen-bond acceptors (Lipinski definition) is 5. The molecule has 2 aromatic heterocycles. The van der Waals surface area contributed by atoms with Crippen LogP contribution in [-0.2, 0) is 11.3 Å². The van der Waals surface area contributed by atoms with Crippen molar-refractivity contribution in [3.05, 3.63) is 51.1 Å². The van der Waals surface area contributed by atoms with Crippen LogP contribution < -0.4 is 10.9 Å². The minimum Gasteiger partial charge on any atom is -0.356 e. The third-order valence-electron chi connectivity index (χ3n) is 3.90. The molecule has 0 aromatic carbocycles. The minimum absolute atomic E-state index is 0.0106. The Hall–Kier alpha value is -2.48. The van der Waals surface area contributed by atoms with Gasteiger partial charge in [0.15, 0.2) is 0 Å². The molecule has 2 amide bonds. The lowest BCUT2D eigenvalue weighted by Gasteiger charge is -2.37. The molecule has 3 rings (SSSR count). The maximum absolute atomic E-state index is 12.1. The molecule has 3 heterocycles. The summed E-state index contributed by atoms with van der Waals surface area (Å²) in [6, 6.07) is 6.69. The van der Waals surface area contributed by atoms with E-state index in [9.17, 15) is 14.4 Å². The van der Waals surface area contributed by atoms with E-state index in [2.05, 4.69) is 10.4 Å². The molecule has 2 aromatic rings. The van der Waals surface area contributed by atoms with Crippen molar-refractivity contribution in [2.75, 3.05) is 19.6 Å². The summed E-state index contributed by atoms with van der Waals surface area (Å²) < 4.78 is 1.37. The van der Waals surface area contributed by atoms with Crippen molar-refractivity contribution in [2.24, 2.45) is 5.92 Å². The monoisotopic (exact) mass is 346 g/mol. The molecule has 1 aliphatic heterocycles. The maximum atomic E-state index is 12.1. The fraction of sp³-hybridized carbons (Fsp3) is 0.375. The van der Waals surface area contributed by atoms with Gasteiger partial charge in [0.2, 0.25) is 5.91 Å². The first-order valence-corrected chi connectivity index (χ1v) is 8.66. The average Bonchev–Trinajstić information content (AvgIpc) is 3.06. The van der Waals surface area contributed by atoms with Crippen LogP contribution in [-0.4, -0.2) is 46.1 Å². The molecular formula is C16H18N4O3S. The van der Waals surface area contributed by atoms with E-state index in [-0.39, 0.29) is 23.3 Å². The van der Waals surface area contributed by atoms with Gasteiger partial charge in [0.25, 0.3) is 11.5 Å². The maximum Gasteiger partial charge on any atom is 0.266 e. The lowest BCUT2D eigenvalue weighted by molar-refractivity contribution is -0.128. The summed E-state index contributed by atoms with van der Waals surface area (Å²) >= 11 is 1.41. The van der Waals surface area contributed by atoms with E-state index in [1.165, 1.54) is 22.1 Å². The fourth-order valence-corrected chi connectivity index (χ4v) is 3.20. The molecule has 8 heteroatoms. The van der Waals surface area contributed by atoms with E-state index in [1.54, 1.807) is 23.2 Å². The Labute approximate surface area is 142 Å². The third-order valence-corrected chi connectivity index (χ3v) is 4.76. The molecule has 7 nitrogen and oxygen atoms in total. The van der Waals surface area contributed by atoms with Gasteiger partial charge in [-0.2, -0.15) is 5.10 Å². The van der Waals surface area contributed by atoms with Crippen molar-refractivity contribution in [1.29, 1.82) is 0 Å². The van der Waals surface area contributed by atoms with Gasteiger partial charge in [-0.15, -0.1) is 11.3 Å². The number of nitrogens with one attached hydrogen (secondary N) is 1. The molecule has 0 aliphatic carbocycles. The molecule has 1 saturated heterocycles. The summed E-state index contributed by atoms with van der Waals surface area (Å²) in [6.45, 7) is 1.87. The predicted molar refractivity (Wildman–Crippen MR) is 89.8 cm³/mol. The van der Waals surface area contributed by atoms with E-state index in [0.29, 0.717) is 37.5 Å². The highest BCUT2D eigenvalue weighted by atomic mass is 32.1. The van der Waals surface area contributed by atoms with Crippen LogP contribution in [0.3, 0.4) is 0 Å². The molecule has 1 fully saturated rings. The van der Waals surface area contributed by atoms with Gasteiger partial charge < -0.3 is 10.2 Å². The SMILES string of the molecule is O=C(NCCCn1ncccc1=O)C1CN(C(=O)c2cccs2)C1. The zero-order valence-corrected chi connectivity index (χ0v) is 13.9. The number of aryl methyl sites for hydroxylation is 1. The van der Waals surface area contributed by atoms with Crippen LogP contribution >= 0.6 is 11.3 Å². The first-order chi connectivity index (χ1) is 11.6. The van der Waals surface area contributed by atoms with Crippen LogP contribution in [0, 0.1) is 5.92 Å². The van der Waals surface area contributed by atoms with Crippen LogP contribution in [0.25, 0.3) is 0 Å². The number of thiophene rings is 1. The zero-order valence-electron chi connectivity index (χ0n) is 13.1. The zero-order chi connectivity index (χ0) is 16.9. The van der Waals surface area contributed by atoms with Crippen LogP contribution in [0.1, 0.15) is 16.1 Å². The van der Waals surface area contributed by atoms with E-state index in [1.807, 2.05) is 11.4 Å². The number of amides is 2. The first-order valence-electron chi connectivity index (χ1n) is 7.78. The Morgan fingerprint density at radius 2 is 2.12 bits per heavy atom. The fourth-order valence-electron chi connectivity index (χ4n) is 2.51. The van der Waals surface area contributed by atoms with Crippen LogP contribution in [0.2, 0.25) is 0 Å². The van der Waals surface area contributed by atoms with Crippen LogP contribution in [0.5, 0.6) is 0 Å². The number of nitrogens with zero attached hydrogens (tertiary/aromatic N) is 3. The number of carbonyl (C=O) groups is 2. The van der Waals surface area contributed by atoms with Gasteiger partial charge in [0.05, 0.1) is 10.8 Å². The second-order valence-electron chi connectivity index (χ2n) is 5.61. The summed E-state index contributed by atoms with van der Waals surface area (Å²) in [5.74, 6) is -0.200. The molecule has 0 radical (unpaired) electrons. The van der Waals surface area contributed by atoms with E-state index in [0.717, 1.165) is 0 Å². The van der Waals surface area contributed by atoms with Crippen molar-refractivity contribution in [3.63, 3.8) is 0 Å². The highest BCUT2D eigenvalue weighted by molar-refractivity contribution is 7.12. The van der Waals surface area contributed by atoms with Crippen molar-refractivity contribution in [3.8, 4) is 0 Å². The first kappa shape index (κ1) is 16.4. The average molecular weight is 346 g/mol. The van der Waals surface area contributed by atoms with Crippen LogP contribution in [0.4, 0.5) is 0 Å².